The van der Waals surface area contributed by atoms with Gasteiger partial charge < -0.3 is 0 Å². The third kappa shape index (κ3) is 4.90. The fraction of sp³-hybridized carbons (Fsp3) is 0.500. The standard InChI is InChI=1S/C12H17ClO2S2/c1-2-10-17(14,15)12-6-4-11(5-7-12)16-9-3-8-13/h4-7H,2-3,8-10H2,1H3. The molecule has 5 heteroatoms. The van der Waals surface area contributed by atoms with Gasteiger partial charge >= 0.3 is 0 Å². The molecule has 0 heterocycles. The van der Waals surface area contributed by atoms with Gasteiger partial charge in [0.1, 0.15) is 0 Å². The van der Waals surface area contributed by atoms with Crippen LogP contribution in [-0.2, 0) is 9.84 Å². The van der Waals surface area contributed by atoms with Crippen LogP contribution in [0, 0.1) is 0 Å². The summed E-state index contributed by atoms with van der Waals surface area (Å²) in [6.45, 7) is 1.87. The van der Waals surface area contributed by atoms with Gasteiger partial charge in [-0.25, -0.2) is 8.42 Å². The molecule has 2 nitrogen and oxygen atoms in total. The minimum Gasteiger partial charge on any atom is -0.224 e. The predicted molar refractivity (Wildman–Crippen MR) is 74.8 cm³/mol. The number of rotatable bonds is 7. The maximum Gasteiger partial charge on any atom is 0.178 e. The highest BCUT2D eigenvalue weighted by atomic mass is 35.5. The van der Waals surface area contributed by atoms with E-state index in [-0.39, 0.29) is 5.75 Å². The molecule has 0 saturated carbocycles. The van der Waals surface area contributed by atoms with E-state index in [1.165, 1.54) is 0 Å². The fourth-order valence-corrected chi connectivity index (χ4v) is 3.84. The van der Waals surface area contributed by atoms with Crippen molar-refractivity contribution in [2.24, 2.45) is 0 Å². The number of alkyl halides is 1. The van der Waals surface area contributed by atoms with Crippen LogP contribution in [0.15, 0.2) is 34.1 Å². The lowest BCUT2D eigenvalue weighted by Crippen LogP contribution is -2.05. The molecule has 0 radical (unpaired) electrons. The van der Waals surface area contributed by atoms with Crippen LogP contribution in [0.5, 0.6) is 0 Å². The van der Waals surface area contributed by atoms with Gasteiger partial charge in [0.15, 0.2) is 9.84 Å². The minimum atomic E-state index is -3.08. The number of sulfone groups is 1. The zero-order valence-corrected chi connectivity index (χ0v) is 12.2. The number of hydrogen-bond donors (Lipinski definition) is 0. The van der Waals surface area contributed by atoms with E-state index in [0.717, 1.165) is 17.1 Å². The Morgan fingerprint density at radius 3 is 2.41 bits per heavy atom. The van der Waals surface area contributed by atoms with Crippen LogP contribution in [0.3, 0.4) is 0 Å². The summed E-state index contributed by atoms with van der Waals surface area (Å²) in [5.74, 6) is 1.84. The molecule has 0 aromatic heterocycles. The molecule has 0 atom stereocenters. The smallest absolute Gasteiger partial charge is 0.178 e. The monoisotopic (exact) mass is 292 g/mol. The molecule has 1 aromatic rings. The first-order valence-electron chi connectivity index (χ1n) is 5.61. The third-order valence-corrected chi connectivity index (χ3v) is 5.50. The minimum absolute atomic E-state index is 0.214. The molecular weight excluding hydrogens is 276 g/mol. The van der Waals surface area contributed by atoms with E-state index in [9.17, 15) is 8.42 Å². The highest BCUT2D eigenvalue weighted by Crippen LogP contribution is 2.21. The summed E-state index contributed by atoms with van der Waals surface area (Å²) in [5, 5.41) is 0. The molecule has 0 bridgehead atoms. The molecule has 0 unspecified atom stereocenters. The second-order valence-corrected chi connectivity index (χ2v) is 7.34. The van der Waals surface area contributed by atoms with Crippen LogP contribution in [0.1, 0.15) is 19.8 Å². The number of benzene rings is 1. The zero-order valence-electron chi connectivity index (χ0n) is 9.86. The van der Waals surface area contributed by atoms with Crippen molar-refractivity contribution in [2.45, 2.75) is 29.6 Å². The highest BCUT2D eigenvalue weighted by Gasteiger charge is 2.12. The Bertz CT molecular complexity index is 426. The fourth-order valence-electron chi connectivity index (χ4n) is 1.37. The van der Waals surface area contributed by atoms with E-state index >= 15 is 0 Å². The van der Waals surface area contributed by atoms with E-state index in [4.69, 9.17) is 11.6 Å². The van der Waals surface area contributed by atoms with E-state index in [2.05, 4.69) is 0 Å². The van der Waals surface area contributed by atoms with Gasteiger partial charge in [0.2, 0.25) is 0 Å². The van der Waals surface area contributed by atoms with E-state index < -0.39 is 9.84 Å². The van der Waals surface area contributed by atoms with Crippen molar-refractivity contribution in [3.63, 3.8) is 0 Å². The van der Waals surface area contributed by atoms with E-state index in [1.54, 1.807) is 23.9 Å². The normalized spacial score (nSPS) is 11.6. The second-order valence-electron chi connectivity index (χ2n) is 3.68. The molecule has 0 spiro atoms. The number of thioether (sulfide) groups is 1. The third-order valence-electron chi connectivity index (χ3n) is 2.20. The summed E-state index contributed by atoms with van der Waals surface area (Å²) in [7, 11) is -3.08. The first-order valence-corrected chi connectivity index (χ1v) is 8.79. The van der Waals surface area contributed by atoms with Gasteiger partial charge in [-0.15, -0.1) is 23.4 Å². The molecule has 96 valence electrons. The summed E-state index contributed by atoms with van der Waals surface area (Å²) >= 11 is 7.29. The Morgan fingerprint density at radius 1 is 1.24 bits per heavy atom. The van der Waals surface area contributed by atoms with Crippen LogP contribution in [0.2, 0.25) is 0 Å². The lowest BCUT2D eigenvalue weighted by molar-refractivity contribution is 0.594. The Morgan fingerprint density at radius 2 is 1.88 bits per heavy atom. The molecule has 0 saturated heterocycles. The van der Waals surface area contributed by atoms with Crippen molar-refractivity contribution in [3.05, 3.63) is 24.3 Å². The molecule has 0 aliphatic heterocycles. The second kappa shape index (κ2) is 7.29. The first-order chi connectivity index (χ1) is 8.10. The van der Waals surface area contributed by atoms with Crippen molar-refractivity contribution in [2.75, 3.05) is 17.4 Å². The Kier molecular flexibility index (Phi) is 6.38. The van der Waals surface area contributed by atoms with Gasteiger partial charge in [0, 0.05) is 10.8 Å². The molecule has 0 aliphatic carbocycles. The van der Waals surface area contributed by atoms with Crippen LogP contribution >= 0.6 is 23.4 Å². The number of hydrogen-bond acceptors (Lipinski definition) is 3. The average Bonchev–Trinajstić information content (AvgIpc) is 2.30. The zero-order chi connectivity index (χ0) is 12.7. The van der Waals surface area contributed by atoms with Gasteiger partial charge in [-0.05, 0) is 42.9 Å². The van der Waals surface area contributed by atoms with Crippen LogP contribution < -0.4 is 0 Å². The van der Waals surface area contributed by atoms with Crippen molar-refractivity contribution in [3.8, 4) is 0 Å². The lowest BCUT2D eigenvalue weighted by Gasteiger charge is -2.04. The SMILES string of the molecule is CCCS(=O)(=O)c1ccc(SCCCCl)cc1. The van der Waals surface area contributed by atoms with Crippen LogP contribution in [-0.4, -0.2) is 25.8 Å². The maximum absolute atomic E-state index is 11.8. The van der Waals surface area contributed by atoms with Gasteiger partial charge in [0.25, 0.3) is 0 Å². The molecular formula is C12H17ClO2S2. The topological polar surface area (TPSA) is 34.1 Å². The van der Waals surface area contributed by atoms with Gasteiger partial charge in [-0.2, -0.15) is 0 Å². The average molecular weight is 293 g/mol. The summed E-state index contributed by atoms with van der Waals surface area (Å²) in [4.78, 5) is 1.51. The Balaban J connectivity index is 2.68. The van der Waals surface area contributed by atoms with Crippen molar-refractivity contribution < 1.29 is 8.42 Å². The largest absolute Gasteiger partial charge is 0.224 e. The maximum atomic E-state index is 11.8. The van der Waals surface area contributed by atoms with E-state index in [0.29, 0.717) is 17.2 Å². The van der Waals surface area contributed by atoms with Gasteiger partial charge in [-0.1, -0.05) is 6.92 Å². The quantitative estimate of drug-likeness (QED) is 0.437. The summed E-state index contributed by atoms with van der Waals surface area (Å²) in [6.07, 6.45) is 1.61. The molecule has 1 aromatic carbocycles. The Hall–Kier alpha value is -0.190. The molecule has 0 N–H and O–H groups in total. The lowest BCUT2D eigenvalue weighted by atomic mass is 10.4. The molecule has 0 amide bonds. The molecule has 1 rings (SSSR count). The molecule has 0 aliphatic rings. The van der Waals surface area contributed by atoms with Crippen molar-refractivity contribution in [1.82, 2.24) is 0 Å². The molecule has 17 heavy (non-hydrogen) atoms. The first kappa shape index (κ1) is 14.9. The number of halogens is 1. The summed E-state index contributed by atoms with van der Waals surface area (Å²) in [6, 6.07) is 7.10. The van der Waals surface area contributed by atoms with Gasteiger partial charge in [-0.3, -0.25) is 0 Å². The predicted octanol–water partition coefficient (Wildman–Crippen LogP) is 3.59. The summed E-state index contributed by atoms with van der Waals surface area (Å²) in [5.41, 5.74) is 0. The van der Waals surface area contributed by atoms with Crippen molar-refractivity contribution >= 4 is 33.2 Å². The molecule has 0 fully saturated rings. The Labute approximate surface area is 113 Å². The van der Waals surface area contributed by atoms with Crippen LogP contribution in [0.4, 0.5) is 0 Å². The van der Waals surface area contributed by atoms with Gasteiger partial charge in [0.05, 0.1) is 10.6 Å². The van der Waals surface area contributed by atoms with E-state index in [1.807, 2.05) is 19.1 Å². The van der Waals surface area contributed by atoms with Crippen molar-refractivity contribution in [1.29, 1.82) is 0 Å². The van der Waals surface area contributed by atoms with Crippen LogP contribution in [0.25, 0.3) is 0 Å². The summed E-state index contributed by atoms with van der Waals surface area (Å²) < 4.78 is 23.6. The highest BCUT2D eigenvalue weighted by molar-refractivity contribution is 7.99.